The van der Waals surface area contributed by atoms with Crippen LogP contribution in [-0.4, -0.2) is 25.0 Å². The fourth-order valence-electron chi connectivity index (χ4n) is 3.73. The van der Waals surface area contributed by atoms with Crippen LogP contribution >= 0.6 is 11.8 Å². The van der Waals surface area contributed by atoms with Gasteiger partial charge >= 0.3 is 0 Å². The first-order valence-electron chi connectivity index (χ1n) is 11.8. The number of methoxy groups -OCH3 is 1. The van der Waals surface area contributed by atoms with Gasteiger partial charge in [0.25, 0.3) is 5.91 Å². The number of halogens is 1. The van der Waals surface area contributed by atoms with E-state index in [-0.39, 0.29) is 11.5 Å². The SMILES string of the molecule is COc1cc(NC(=O)C(Cc2ccccc2)NC(=O)c2ccc(F)cc2)ccc1SCc1ccccc1. The monoisotopic (exact) mass is 514 g/mol. The maximum atomic E-state index is 13.3. The molecule has 0 fully saturated rings. The average molecular weight is 515 g/mol. The van der Waals surface area contributed by atoms with E-state index in [2.05, 4.69) is 22.8 Å². The van der Waals surface area contributed by atoms with E-state index < -0.39 is 17.8 Å². The normalized spacial score (nSPS) is 11.4. The molecule has 7 heteroatoms. The van der Waals surface area contributed by atoms with Crippen molar-refractivity contribution in [1.29, 1.82) is 0 Å². The molecule has 1 unspecified atom stereocenters. The molecular weight excluding hydrogens is 487 g/mol. The molecule has 5 nitrogen and oxygen atoms in total. The van der Waals surface area contributed by atoms with Crippen molar-refractivity contribution in [1.82, 2.24) is 5.32 Å². The Morgan fingerprint density at radius 1 is 0.865 bits per heavy atom. The van der Waals surface area contributed by atoms with Crippen LogP contribution in [-0.2, 0) is 17.0 Å². The van der Waals surface area contributed by atoms with Crippen molar-refractivity contribution in [2.45, 2.75) is 23.1 Å². The summed E-state index contributed by atoms with van der Waals surface area (Å²) < 4.78 is 18.9. The second kappa shape index (κ2) is 12.7. The summed E-state index contributed by atoms with van der Waals surface area (Å²) >= 11 is 1.65. The highest BCUT2D eigenvalue weighted by atomic mass is 32.2. The van der Waals surface area contributed by atoms with Crippen molar-refractivity contribution < 1.29 is 18.7 Å². The summed E-state index contributed by atoms with van der Waals surface area (Å²) in [5, 5.41) is 5.69. The number of rotatable bonds is 10. The van der Waals surface area contributed by atoms with E-state index in [1.54, 1.807) is 24.9 Å². The average Bonchev–Trinajstić information content (AvgIpc) is 2.93. The summed E-state index contributed by atoms with van der Waals surface area (Å²) in [4.78, 5) is 27.1. The topological polar surface area (TPSA) is 67.4 Å². The second-order valence-corrected chi connectivity index (χ2v) is 9.37. The van der Waals surface area contributed by atoms with Gasteiger partial charge in [-0.25, -0.2) is 4.39 Å². The third-order valence-electron chi connectivity index (χ3n) is 5.68. The van der Waals surface area contributed by atoms with Crippen LogP contribution in [0, 0.1) is 5.82 Å². The van der Waals surface area contributed by atoms with Gasteiger partial charge < -0.3 is 15.4 Å². The van der Waals surface area contributed by atoms with Crippen molar-refractivity contribution in [2.75, 3.05) is 12.4 Å². The first-order chi connectivity index (χ1) is 18.0. The maximum absolute atomic E-state index is 13.3. The molecule has 2 amide bonds. The minimum Gasteiger partial charge on any atom is -0.496 e. The van der Waals surface area contributed by atoms with Crippen molar-refractivity contribution in [3.63, 3.8) is 0 Å². The molecule has 4 aromatic rings. The van der Waals surface area contributed by atoms with Gasteiger partial charge in [0.2, 0.25) is 5.91 Å². The summed E-state index contributed by atoms with van der Waals surface area (Å²) in [6, 6.07) is 29.4. The molecule has 0 spiro atoms. The third-order valence-corrected chi connectivity index (χ3v) is 6.81. The zero-order valence-corrected chi connectivity index (χ0v) is 21.1. The molecule has 1 atom stereocenters. The molecule has 2 N–H and O–H groups in total. The molecule has 0 saturated heterocycles. The van der Waals surface area contributed by atoms with E-state index in [1.165, 1.54) is 29.8 Å². The molecule has 0 heterocycles. The van der Waals surface area contributed by atoms with Gasteiger partial charge in [0.1, 0.15) is 17.6 Å². The van der Waals surface area contributed by atoms with Crippen LogP contribution < -0.4 is 15.4 Å². The van der Waals surface area contributed by atoms with E-state index >= 15 is 0 Å². The summed E-state index contributed by atoms with van der Waals surface area (Å²) in [7, 11) is 1.59. The number of hydrogen-bond donors (Lipinski definition) is 2. The van der Waals surface area contributed by atoms with Crippen LogP contribution in [0.15, 0.2) is 108 Å². The predicted octanol–water partition coefficient (Wildman–Crippen LogP) is 6.11. The molecule has 0 saturated carbocycles. The number of nitrogens with one attached hydrogen (secondary N) is 2. The van der Waals surface area contributed by atoms with E-state index in [4.69, 9.17) is 4.74 Å². The number of carbonyl (C=O) groups excluding carboxylic acids is 2. The molecule has 0 aliphatic heterocycles. The largest absolute Gasteiger partial charge is 0.496 e. The van der Waals surface area contributed by atoms with Crippen molar-refractivity contribution in [3.05, 3.63) is 126 Å². The fourth-order valence-corrected chi connectivity index (χ4v) is 4.69. The van der Waals surface area contributed by atoms with Crippen LogP contribution in [0.1, 0.15) is 21.5 Å². The lowest BCUT2D eigenvalue weighted by molar-refractivity contribution is -0.118. The van der Waals surface area contributed by atoms with Gasteiger partial charge in [-0.05, 0) is 47.5 Å². The van der Waals surface area contributed by atoms with E-state index in [0.29, 0.717) is 17.9 Å². The Kier molecular flexibility index (Phi) is 8.94. The lowest BCUT2D eigenvalue weighted by atomic mass is 10.0. The Bertz CT molecular complexity index is 1330. The van der Waals surface area contributed by atoms with E-state index in [9.17, 15) is 14.0 Å². The van der Waals surface area contributed by atoms with Gasteiger partial charge in [-0.2, -0.15) is 0 Å². The van der Waals surface area contributed by atoms with Crippen LogP contribution in [0.25, 0.3) is 0 Å². The van der Waals surface area contributed by atoms with Crippen LogP contribution in [0.2, 0.25) is 0 Å². The first kappa shape index (κ1) is 26.0. The second-order valence-electron chi connectivity index (χ2n) is 8.35. The Hall–Kier alpha value is -4.10. The van der Waals surface area contributed by atoms with Gasteiger partial charge in [0.05, 0.1) is 7.11 Å². The molecule has 0 radical (unpaired) electrons. The fraction of sp³-hybridized carbons (Fsp3) is 0.133. The summed E-state index contributed by atoms with van der Waals surface area (Å²) in [5.41, 5.74) is 2.92. The summed E-state index contributed by atoms with van der Waals surface area (Å²) in [6.45, 7) is 0. The molecule has 188 valence electrons. The molecule has 0 aliphatic rings. The van der Waals surface area contributed by atoms with Gasteiger partial charge in [-0.1, -0.05) is 60.7 Å². The van der Waals surface area contributed by atoms with Gasteiger partial charge in [-0.15, -0.1) is 11.8 Å². The van der Waals surface area contributed by atoms with Crippen LogP contribution in [0.4, 0.5) is 10.1 Å². The highest BCUT2D eigenvalue weighted by molar-refractivity contribution is 7.98. The first-order valence-corrected chi connectivity index (χ1v) is 12.8. The third kappa shape index (κ3) is 7.44. The van der Waals surface area contributed by atoms with Crippen molar-refractivity contribution in [3.8, 4) is 5.75 Å². The van der Waals surface area contributed by atoms with Gasteiger partial charge in [0, 0.05) is 34.4 Å². The highest BCUT2D eigenvalue weighted by Gasteiger charge is 2.23. The zero-order chi connectivity index (χ0) is 26.0. The van der Waals surface area contributed by atoms with E-state index in [0.717, 1.165) is 16.2 Å². The molecular formula is C30H27FN2O3S. The molecule has 37 heavy (non-hydrogen) atoms. The molecule has 4 aromatic carbocycles. The number of thioether (sulfide) groups is 1. The van der Waals surface area contributed by atoms with Crippen LogP contribution in [0.5, 0.6) is 5.75 Å². The van der Waals surface area contributed by atoms with Gasteiger partial charge in [-0.3, -0.25) is 9.59 Å². The number of carbonyl (C=O) groups is 2. The van der Waals surface area contributed by atoms with Crippen molar-refractivity contribution in [2.24, 2.45) is 0 Å². The lowest BCUT2D eigenvalue weighted by Crippen LogP contribution is -2.45. The maximum Gasteiger partial charge on any atom is 0.251 e. The lowest BCUT2D eigenvalue weighted by Gasteiger charge is -2.19. The quantitative estimate of drug-likeness (QED) is 0.251. The zero-order valence-electron chi connectivity index (χ0n) is 20.3. The number of amides is 2. The highest BCUT2D eigenvalue weighted by Crippen LogP contribution is 2.34. The van der Waals surface area contributed by atoms with E-state index in [1.807, 2.05) is 60.7 Å². The van der Waals surface area contributed by atoms with Crippen molar-refractivity contribution >= 4 is 29.3 Å². The van der Waals surface area contributed by atoms with Crippen LogP contribution in [0.3, 0.4) is 0 Å². The molecule has 0 aromatic heterocycles. The smallest absolute Gasteiger partial charge is 0.251 e. The molecule has 4 rings (SSSR count). The summed E-state index contributed by atoms with van der Waals surface area (Å²) in [5.74, 6) is 0.174. The molecule has 0 aliphatic carbocycles. The minimum absolute atomic E-state index is 0.272. The minimum atomic E-state index is -0.849. The number of ether oxygens (including phenoxy) is 1. The number of hydrogen-bond acceptors (Lipinski definition) is 4. The number of anilines is 1. The van der Waals surface area contributed by atoms with Gasteiger partial charge in [0.15, 0.2) is 0 Å². The summed E-state index contributed by atoms with van der Waals surface area (Å²) in [6.07, 6.45) is 0.293. The molecule has 0 bridgehead atoms. The number of benzene rings is 4. The predicted molar refractivity (Wildman–Crippen MR) is 145 cm³/mol. The Morgan fingerprint density at radius 3 is 2.16 bits per heavy atom. The Labute approximate surface area is 220 Å². The standard InChI is InChI=1S/C30H27FN2O3S/c1-36-27-19-25(16-17-28(27)37-20-22-10-6-3-7-11-22)32-30(35)26(18-21-8-4-2-5-9-21)33-29(34)23-12-14-24(31)15-13-23/h2-17,19,26H,18,20H2,1H3,(H,32,35)(H,33,34). The Morgan fingerprint density at radius 2 is 1.51 bits per heavy atom. The Balaban J connectivity index is 1.48.